The van der Waals surface area contributed by atoms with E-state index in [2.05, 4.69) is 26.0 Å². The maximum absolute atomic E-state index is 13.2. The summed E-state index contributed by atoms with van der Waals surface area (Å²) in [6.07, 6.45) is 16.8. The molecule has 7 atom stereocenters. The minimum Gasteiger partial charge on any atom is -0.478 e. The highest BCUT2D eigenvalue weighted by Crippen LogP contribution is 2.37. The lowest BCUT2D eigenvalue weighted by Crippen LogP contribution is -2.31. The van der Waals surface area contributed by atoms with Gasteiger partial charge in [-0.3, -0.25) is 9.59 Å². The third-order valence-corrected chi connectivity index (χ3v) is 8.17. The zero-order chi connectivity index (χ0) is 28.7. The summed E-state index contributed by atoms with van der Waals surface area (Å²) in [5.41, 5.74) is 0. The summed E-state index contributed by atoms with van der Waals surface area (Å²) < 4.78 is 24.5. The Morgan fingerprint density at radius 1 is 1.10 bits per heavy atom. The van der Waals surface area contributed by atoms with Gasteiger partial charge in [0.1, 0.15) is 11.6 Å². The van der Waals surface area contributed by atoms with Crippen LogP contribution in [0.2, 0.25) is 0 Å². The summed E-state index contributed by atoms with van der Waals surface area (Å²) in [7, 11) is 0. The first-order valence-corrected chi connectivity index (χ1v) is 15.5. The maximum Gasteiger partial charge on any atom is 0.327 e. The summed E-state index contributed by atoms with van der Waals surface area (Å²) in [5.74, 6) is -1.27. The van der Waals surface area contributed by atoms with Crippen LogP contribution in [-0.2, 0) is 33.3 Å². The lowest BCUT2D eigenvalue weighted by atomic mass is 9.87. The van der Waals surface area contributed by atoms with Gasteiger partial charge in [-0.2, -0.15) is 0 Å². The second kappa shape index (κ2) is 17.8. The Hall–Kier alpha value is -1.87. The largest absolute Gasteiger partial charge is 0.478 e. The molecule has 0 radical (unpaired) electrons. The SMILES string of the molecule is CCCC[C@H](C)C[C@@H](/C=C/[C@H]1[C@H](OC2CCCCO2)CC(=O)[C@@H]1CC(=O)CC/C=C/C(=O)O)OC1CCCCO1. The van der Waals surface area contributed by atoms with Gasteiger partial charge in [-0.1, -0.05) is 51.3 Å². The van der Waals surface area contributed by atoms with E-state index in [4.69, 9.17) is 24.1 Å². The van der Waals surface area contributed by atoms with Crippen molar-refractivity contribution >= 4 is 17.5 Å². The van der Waals surface area contributed by atoms with Gasteiger partial charge in [0, 0.05) is 50.4 Å². The Bertz CT molecular complexity index is 840. The molecular formula is C32H50O8. The van der Waals surface area contributed by atoms with E-state index in [9.17, 15) is 14.4 Å². The van der Waals surface area contributed by atoms with Crippen molar-refractivity contribution in [2.45, 2.75) is 129 Å². The number of unbranched alkanes of at least 4 members (excludes halogenated alkanes) is 1. The third-order valence-electron chi connectivity index (χ3n) is 8.17. The van der Waals surface area contributed by atoms with Crippen molar-refractivity contribution in [3.63, 3.8) is 0 Å². The molecule has 3 rings (SSSR count). The van der Waals surface area contributed by atoms with E-state index in [1.165, 1.54) is 12.5 Å². The van der Waals surface area contributed by atoms with Crippen LogP contribution in [-0.4, -0.2) is 60.6 Å². The van der Waals surface area contributed by atoms with Crippen molar-refractivity contribution in [2.24, 2.45) is 17.8 Å². The lowest BCUT2D eigenvalue weighted by molar-refractivity contribution is -0.192. The van der Waals surface area contributed by atoms with Crippen LogP contribution in [0.4, 0.5) is 0 Å². The molecule has 0 amide bonds. The number of carboxylic acid groups (broad SMARTS) is 1. The average molecular weight is 563 g/mol. The van der Waals surface area contributed by atoms with Gasteiger partial charge < -0.3 is 24.1 Å². The van der Waals surface area contributed by atoms with E-state index in [1.807, 2.05) is 0 Å². The van der Waals surface area contributed by atoms with Gasteiger partial charge in [0.05, 0.1) is 12.2 Å². The second-order valence-corrected chi connectivity index (χ2v) is 11.7. The molecule has 2 unspecified atom stereocenters. The molecule has 0 bridgehead atoms. The molecule has 3 aliphatic rings. The summed E-state index contributed by atoms with van der Waals surface area (Å²) in [4.78, 5) is 36.7. The number of hydrogen-bond acceptors (Lipinski definition) is 7. The second-order valence-electron chi connectivity index (χ2n) is 11.7. The highest BCUT2D eigenvalue weighted by Gasteiger charge is 2.43. The van der Waals surface area contributed by atoms with Crippen molar-refractivity contribution in [1.82, 2.24) is 0 Å². The van der Waals surface area contributed by atoms with Crippen LogP contribution >= 0.6 is 0 Å². The standard InChI is InChI=1S/C32H50O8/c1-3-4-11-23(2)20-25(39-31-14-7-9-18-37-31)16-17-26-27(21-24(33)12-5-6-13-30(35)36)28(34)22-29(26)40-32-15-8-10-19-38-32/h6,13,16-17,23,25-27,29,31-32H,3-5,7-12,14-15,18-22H2,1-2H3,(H,35,36)/b13-6+,17-16+/t23-,25+,26+,27+,29+,31?,32?/m0/s1. The molecule has 8 heteroatoms. The molecule has 2 heterocycles. The highest BCUT2D eigenvalue weighted by molar-refractivity contribution is 5.90. The van der Waals surface area contributed by atoms with Crippen LogP contribution < -0.4 is 0 Å². The molecule has 0 aromatic rings. The average Bonchev–Trinajstić information content (AvgIpc) is 3.22. The summed E-state index contributed by atoms with van der Waals surface area (Å²) in [5, 5.41) is 8.78. The number of hydrogen-bond donors (Lipinski definition) is 1. The van der Waals surface area contributed by atoms with Gasteiger partial charge in [0.2, 0.25) is 0 Å². The fourth-order valence-corrected chi connectivity index (χ4v) is 5.91. The van der Waals surface area contributed by atoms with E-state index in [1.54, 1.807) is 0 Å². The quantitative estimate of drug-likeness (QED) is 0.166. The Labute approximate surface area is 239 Å². The molecule has 1 N–H and O–H groups in total. The Kier molecular flexibility index (Phi) is 14.6. The number of carbonyl (C=O) groups is 3. The molecule has 2 saturated heterocycles. The van der Waals surface area contributed by atoms with Crippen molar-refractivity contribution in [3.8, 4) is 0 Å². The number of ketones is 2. The summed E-state index contributed by atoms with van der Waals surface area (Å²) in [6.45, 7) is 5.83. The van der Waals surface area contributed by atoms with Crippen molar-refractivity contribution in [1.29, 1.82) is 0 Å². The Morgan fingerprint density at radius 3 is 2.48 bits per heavy atom. The number of allylic oxidation sites excluding steroid dienone is 1. The molecule has 3 fully saturated rings. The number of carbonyl (C=O) groups excluding carboxylic acids is 2. The molecule has 0 spiro atoms. The Balaban J connectivity index is 1.73. The zero-order valence-corrected chi connectivity index (χ0v) is 24.5. The molecule has 8 nitrogen and oxygen atoms in total. The van der Waals surface area contributed by atoms with Crippen LogP contribution in [0.25, 0.3) is 0 Å². The topological polar surface area (TPSA) is 108 Å². The van der Waals surface area contributed by atoms with E-state index in [0.717, 1.165) is 63.9 Å². The lowest BCUT2D eigenvalue weighted by Gasteiger charge is -2.30. The highest BCUT2D eigenvalue weighted by atomic mass is 16.7. The van der Waals surface area contributed by atoms with Gasteiger partial charge in [-0.25, -0.2) is 4.79 Å². The van der Waals surface area contributed by atoms with Crippen LogP contribution in [0.1, 0.15) is 104 Å². The molecule has 0 aromatic heterocycles. The first-order valence-electron chi connectivity index (χ1n) is 15.5. The van der Waals surface area contributed by atoms with Crippen LogP contribution in [0.3, 0.4) is 0 Å². The molecular weight excluding hydrogens is 512 g/mol. The summed E-state index contributed by atoms with van der Waals surface area (Å²) >= 11 is 0. The van der Waals surface area contributed by atoms with Gasteiger partial charge in [0.15, 0.2) is 12.6 Å². The van der Waals surface area contributed by atoms with Gasteiger partial charge in [0.25, 0.3) is 0 Å². The van der Waals surface area contributed by atoms with Gasteiger partial charge >= 0.3 is 5.97 Å². The van der Waals surface area contributed by atoms with Crippen molar-refractivity contribution in [3.05, 3.63) is 24.3 Å². The maximum atomic E-state index is 13.2. The predicted molar refractivity (Wildman–Crippen MR) is 152 cm³/mol. The third kappa shape index (κ3) is 11.6. The molecule has 226 valence electrons. The number of ether oxygens (including phenoxy) is 4. The van der Waals surface area contributed by atoms with Crippen molar-refractivity contribution in [2.75, 3.05) is 13.2 Å². The first kappa shape index (κ1) is 32.6. The number of Topliss-reactive ketones (excluding diaryl/α,β-unsaturated/α-hetero) is 2. The molecule has 1 aliphatic carbocycles. The number of carboxylic acids is 1. The van der Waals surface area contributed by atoms with Crippen molar-refractivity contribution < 1.29 is 38.4 Å². The summed E-state index contributed by atoms with van der Waals surface area (Å²) in [6, 6.07) is 0. The van der Waals surface area contributed by atoms with E-state index in [-0.39, 0.29) is 61.5 Å². The van der Waals surface area contributed by atoms with E-state index < -0.39 is 11.9 Å². The fraction of sp³-hybridized carbons (Fsp3) is 0.781. The van der Waals surface area contributed by atoms with Crippen LogP contribution in [0.5, 0.6) is 0 Å². The normalized spacial score (nSPS) is 29.2. The minimum atomic E-state index is -1.03. The number of aliphatic carboxylic acids is 1. The fourth-order valence-electron chi connectivity index (χ4n) is 5.91. The molecule has 40 heavy (non-hydrogen) atoms. The van der Waals surface area contributed by atoms with Gasteiger partial charge in [-0.05, 0) is 57.3 Å². The molecule has 2 aliphatic heterocycles. The predicted octanol–water partition coefficient (Wildman–Crippen LogP) is 6.17. The molecule has 0 aromatic carbocycles. The van der Waals surface area contributed by atoms with Gasteiger partial charge in [-0.15, -0.1) is 0 Å². The minimum absolute atomic E-state index is 0.0364. The van der Waals surface area contributed by atoms with E-state index >= 15 is 0 Å². The number of rotatable bonds is 17. The smallest absolute Gasteiger partial charge is 0.327 e. The van der Waals surface area contributed by atoms with Crippen LogP contribution in [0.15, 0.2) is 24.3 Å². The zero-order valence-electron chi connectivity index (χ0n) is 24.5. The Morgan fingerprint density at radius 2 is 1.82 bits per heavy atom. The first-order chi connectivity index (χ1) is 19.4. The molecule has 1 saturated carbocycles. The monoisotopic (exact) mass is 562 g/mol. The van der Waals surface area contributed by atoms with E-state index in [0.29, 0.717) is 25.6 Å². The van der Waals surface area contributed by atoms with Crippen LogP contribution in [0, 0.1) is 17.8 Å².